The quantitative estimate of drug-likeness (QED) is 0.586. The van der Waals surface area contributed by atoms with Gasteiger partial charge in [0.1, 0.15) is 6.04 Å². The third kappa shape index (κ3) is 8.73. The van der Waals surface area contributed by atoms with Crippen molar-refractivity contribution in [1.82, 2.24) is 0 Å². The highest BCUT2D eigenvalue weighted by atomic mass is 16.4. The second-order valence-electron chi connectivity index (χ2n) is 3.19. The molecule has 0 rings (SSSR count). The fraction of sp³-hybridized carbons (Fsp3) is 0.556. The fourth-order valence-corrected chi connectivity index (χ4v) is 0.285. The zero-order chi connectivity index (χ0) is 11.9. The van der Waals surface area contributed by atoms with Crippen LogP contribution < -0.4 is 5.73 Å². The van der Waals surface area contributed by atoms with Gasteiger partial charge in [-0.05, 0) is 12.8 Å². The van der Waals surface area contributed by atoms with Crippen LogP contribution in [0.15, 0.2) is 12.2 Å². The van der Waals surface area contributed by atoms with Crippen molar-refractivity contribution in [3.63, 3.8) is 0 Å². The highest BCUT2D eigenvalue weighted by Gasteiger charge is 2.14. The first-order valence-electron chi connectivity index (χ1n) is 4.07. The maximum atomic E-state index is 10.0. The van der Waals surface area contributed by atoms with Crippen LogP contribution in [0.25, 0.3) is 0 Å². The van der Waals surface area contributed by atoms with Gasteiger partial charge in [-0.25, -0.2) is 4.79 Å². The Morgan fingerprint density at radius 2 is 1.57 bits per heavy atom. The van der Waals surface area contributed by atoms with Crippen molar-refractivity contribution >= 4 is 11.9 Å². The zero-order valence-electron chi connectivity index (χ0n) is 8.65. The monoisotopic (exact) mass is 203 g/mol. The number of nitrogens with two attached hydrogens (primary N) is 1. The van der Waals surface area contributed by atoms with E-state index in [0.29, 0.717) is 0 Å². The molecular weight excluding hydrogens is 186 g/mol. The van der Waals surface area contributed by atoms with Crippen molar-refractivity contribution in [2.75, 3.05) is 0 Å². The van der Waals surface area contributed by atoms with E-state index >= 15 is 0 Å². The van der Waals surface area contributed by atoms with Crippen LogP contribution in [0.1, 0.15) is 20.8 Å². The van der Waals surface area contributed by atoms with Gasteiger partial charge in [-0.1, -0.05) is 20.4 Å². The molecule has 14 heavy (non-hydrogen) atoms. The van der Waals surface area contributed by atoms with E-state index in [0.717, 1.165) is 0 Å². The Morgan fingerprint density at radius 1 is 1.29 bits per heavy atom. The highest BCUT2D eigenvalue weighted by molar-refractivity contribution is 5.84. The smallest absolute Gasteiger partial charge is 0.330 e. The zero-order valence-corrected chi connectivity index (χ0v) is 8.65. The van der Waals surface area contributed by atoms with Crippen molar-refractivity contribution in [2.24, 2.45) is 11.7 Å². The molecule has 0 aliphatic heterocycles. The van der Waals surface area contributed by atoms with Gasteiger partial charge in [0.05, 0.1) is 0 Å². The van der Waals surface area contributed by atoms with Crippen molar-refractivity contribution < 1.29 is 19.8 Å². The molecule has 0 spiro atoms. The molecule has 0 fully saturated rings. The Kier molecular flexibility index (Phi) is 7.65. The van der Waals surface area contributed by atoms with Crippen LogP contribution in [0.2, 0.25) is 0 Å². The van der Waals surface area contributed by atoms with Gasteiger partial charge in [-0.3, -0.25) is 4.79 Å². The molecular formula is C9H17NO4. The van der Waals surface area contributed by atoms with E-state index < -0.39 is 18.0 Å². The molecule has 5 nitrogen and oxygen atoms in total. The summed E-state index contributed by atoms with van der Waals surface area (Å²) >= 11 is 0. The summed E-state index contributed by atoms with van der Waals surface area (Å²) in [6.45, 7) is 8.16. The molecule has 0 saturated heterocycles. The number of carboxylic acid groups (broad SMARTS) is 2. The molecule has 1 atom stereocenters. The van der Waals surface area contributed by atoms with Gasteiger partial charge in [-0.15, -0.1) is 0 Å². The van der Waals surface area contributed by atoms with E-state index in [9.17, 15) is 9.59 Å². The summed E-state index contributed by atoms with van der Waals surface area (Å²) in [7, 11) is 0. The number of carboxylic acids is 2. The summed E-state index contributed by atoms with van der Waals surface area (Å²) in [4.78, 5) is 19.6. The number of carbonyl (C=O) groups is 2. The Balaban J connectivity index is 0. The molecule has 0 amide bonds. The van der Waals surface area contributed by atoms with Crippen LogP contribution >= 0.6 is 0 Å². The molecule has 0 aromatic heterocycles. The molecule has 82 valence electrons. The lowest BCUT2D eigenvalue weighted by Gasteiger charge is -2.07. The minimum absolute atomic E-state index is 0.0208. The van der Waals surface area contributed by atoms with Crippen molar-refractivity contribution in [3.8, 4) is 0 Å². The van der Waals surface area contributed by atoms with Crippen LogP contribution in [0, 0.1) is 5.92 Å². The number of hydrogen-bond donors (Lipinski definition) is 3. The number of hydrogen-bond acceptors (Lipinski definition) is 3. The van der Waals surface area contributed by atoms with E-state index in [2.05, 4.69) is 6.58 Å². The molecule has 0 bridgehead atoms. The van der Waals surface area contributed by atoms with Crippen molar-refractivity contribution in [1.29, 1.82) is 0 Å². The van der Waals surface area contributed by atoms with Gasteiger partial charge in [0.15, 0.2) is 0 Å². The number of aliphatic carboxylic acids is 2. The van der Waals surface area contributed by atoms with Gasteiger partial charge in [0.25, 0.3) is 0 Å². The minimum Gasteiger partial charge on any atom is -0.480 e. The largest absolute Gasteiger partial charge is 0.480 e. The first-order valence-corrected chi connectivity index (χ1v) is 4.07. The average molecular weight is 203 g/mol. The van der Waals surface area contributed by atoms with E-state index in [1.807, 2.05) is 0 Å². The molecule has 0 radical (unpaired) electrons. The normalized spacial score (nSPS) is 11.2. The molecule has 0 aliphatic rings. The maximum Gasteiger partial charge on any atom is 0.330 e. The van der Waals surface area contributed by atoms with E-state index in [-0.39, 0.29) is 11.5 Å². The van der Waals surface area contributed by atoms with Crippen LogP contribution in [-0.2, 0) is 9.59 Å². The molecule has 0 aromatic rings. The van der Waals surface area contributed by atoms with Crippen LogP contribution in [-0.4, -0.2) is 28.2 Å². The van der Waals surface area contributed by atoms with Crippen molar-refractivity contribution in [2.45, 2.75) is 26.8 Å². The first-order chi connectivity index (χ1) is 6.20. The van der Waals surface area contributed by atoms with Crippen LogP contribution in [0.4, 0.5) is 0 Å². The Morgan fingerprint density at radius 3 is 1.57 bits per heavy atom. The molecule has 0 aliphatic carbocycles. The van der Waals surface area contributed by atoms with Crippen molar-refractivity contribution in [3.05, 3.63) is 12.2 Å². The maximum absolute atomic E-state index is 10.0. The number of rotatable bonds is 3. The summed E-state index contributed by atoms with van der Waals surface area (Å²) in [5.74, 6) is -1.84. The summed E-state index contributed by atoms with van der Waals surface area (Å²) in [6, 6.07) is -0.713. The standard InChI is InChI=1S/C5H11NO2.C4H6O2/c1-3(2)4(6)5(7)8;1-3(2)4(5)6/h3-4H,6H2,1-2H3,(H,7,8);1H2,2H3,(H,5,6). The van der Waals surface area contributed by atoms with E-state index in [1.165, 1.54) is 6.92 Å². The summed E-state index contributed by atoms with van der Waals surface area (Å²) < 4.78 is 0. The SMILES string of the molecule is C=C(C)C(=O)O.CC(C)C(N)C(=O)O. The minimum atomic E-state index is -0.935. The average Bonchev–Trinajstić information content (AvgIpc) is 2.03. The second-order valence-corrected chi connectivity index (χ2v) is 3.19. The predicted molar refractivity (Wildman–Crippen MR) is 52.9 cm³/mol. The first kappa shape index (κ1) is 15.1. The molecule has 1 unspecified atom stereocenters. The van der Waals surface area contributed by atoms with Crippen LogP contribution in [0.3, 0.4) is 0 Å². The highest BCUT2D eigenvalue weighted by Crippen LogP contribution is 1.96. The molecule has 5 heteroatoms. The molecule has 0 aromatic carbocycles. The van der Waals surface area contributed by atoms with Crippen LogP contribution in [0.5, 0.6) is 0 Å². The lowest BCUT2D eigenvalue weighted by atomic mass is 10.1. The molecule has 4 N–H and O–H groups in total. The third-order valence-corrected chi connectivity index (χ3v) is 1.37. The van der Waals surface area contributed by atoms with Gasteiger partial charge in [-0.2, -0.15) is 0 Å². The second kappa shape index (κ2) is 7.08. The summed E-state index contributed by atoms with van der Waals surface area (Å²) in [6.07, 6.45) is 0. The topological polar surface area (TPSA) is 101 Å². The Bertz CT molecular complexity index is 211. The lowest BCUT2D eigenvalue weighted by molar-refractivity contribution is -0.139. The van der Waals surface area contributed by atoms with Gasteiger partial charge >= 0.3 is 11.9 Å². The Hall–Kier alpha value is -1.36. The van der Waals surface area contributed by atoms with E-state index in [1.54, 1.807) is 13.8 Å². The van der Waals surface area contributed by atoms with Gasteiger partial charge in [0.2, 0.25) is 0 Å². The van der Waals surface area contributed by atoms with Gasteiger partial charge in [0, 0.05) is 5.57 Å². The summed E-state index contributed by atoms with van der Waals surface area (Å²) in [5.41, 5.74) is 5.34. The molecule has 0 saturated carbocycles. The lowest BCUT2D eigenvalue weighted by Crippen LogP contribution is -2.34. The fourth-order valence-electron chi connectivity index (χ4n) is 0.285. The predicted octanol–water partition coefficient (Wildman–Crippen LogP) is 0.701. The van der Waals surface area contributed by atoms with E-state index in [4.69, 9.17) is 15.9 Å². The Labute approximate surface area is 83.2 Å². The summed E-state index contributed by atoms with van der Waals surface area (Å²) in [5, 5.41) is 16.1. The third-order valence-electron chi connectivity index (χ3n) is 1.37. The molecule has 0 heterocycles. The van der Waals surface area contributed by atoms with Gasteiger partial charge < -0.3 is 15.9 Å².